The number of piperazine rings is 1. The molecule has 3 aliphatic heterocycles. The number of fused-ring (bicyclic) bond motifs is 3. The summed E-state index contributed by atoms with van der Waals surface area (Å²) in [5.74, 6) is 2.37. The number of aromatic amines is 1. The lowest BCUT2D eigenvalue weighted by molar-refractivity contribution is 0.245. The zero-order chi connectivity index (χ0) is 24.6. The molecule has 186 valence electrons. The molecular weight excluding hydrogens is 476 g/mol. The first-order chi connectivity index (χ1) is 17.5. The molecule has 0 amide bonds. The molecule has 2 saturated heterocycles. The average molecular weight is 505 g/mol. The molecule has 2 N–H and O–H groups in total. The van der Waals surface area contributed by atoms with Crippen molar-refractivity contribution in [3.05, 3.63) is 35.0 Å². The predicted octanol–water partition coefficient (Wildman–Crippen LogP) is 3.06. The number of anilines is 2. The molecule has 3 aliphatic rings. The summed E-state index contributed by atoms with van der Waals surface area (Å²) in [6.45, 7) is 7.10. The number of nitrogens with zero attached hydrogens (tertiary/aromatic N) is 6. The van der Waals surface area contributed by atoms with Crippen molar-refractivity contribution in [1.29, 1.82) is 0 Å². The summed E-state index contributed by atoms with van der Waals surface area (Å²) in [7, 11) is 4.25. The van der Waals surface area contributed by atoms with E-state index in [-0.39, 0.29) is 6.04 Å². The Morgan fingerprint density at radius 1 is 1.19 bits per heavy atom. The molecule has 2 fully saturated rings. The van der Waals surface area contributed by atoms with Gasteiger partial charge in [0.1, 0.15) is 12.4 Å². The Labute approximate surface area is 214 Å². The Morgan fingerprint density at radius 3 is 2.89 bits per heavy atom. The van der Waals surface area contributed by atoms with Gasteiger partial charge in [0.25, 0.3) is 0 Å². The van der Waals surface area contributed by atoms with E-state index in [9.17, 15) is 0 Å². The van der Waals surface area contributed by atoms with Crippen molar-refractivity contribution < 1.29 is 4.74 Å². The summed E-state index contributed by atoms with van der Waals surface area (Å²) >= 11 is 7.17. The smallest absolute Gasteiger partial charge is 0.228 e. The summed E-state index contributed by atoms with van der Waals surface area (Å²) in [5, 5.41) is 13.4. The molecule has 9 nitrogen and oxygen atoms in total. The quantitative estimate of drug-likeness (QED) is 0.440. The monoisotopic (exact) mass is 504 g/mol. The van der Waals surface area contributed by atoms with E-state index in [1.165, 1.54) is 0 Å². The van der Waals surface area contributed by atoms with Gasteiger partial charge in [-0.2, -0.15) is 10.1 Å². The van der Waals surface area contributed by atoms with Crippen LogP contribution >= 0.6 is 11.6 Å². The van der Waals surface area contributed by atoms with E-state index in [1.807, 2.05) is 6.20 Å². The predicted molar refractivity (Wildman–Crippen MR) is 144 cm³/mol. The van der Waals surface area contributed by atoms with Crippen molar-refractivity contribution in [1.82, 2.24) is 30.4 Å². The number of H-pyrrole nitrogens is 1. The fourth-order valence-corrected chi connectivity index (χ4v) is 5.97. The first-order valence-corrected chi connectivity index (χ1v) is 12.9. The lowest BCUT2D eigenvalue weighted by Gasteiger charge is -2.43. The third-order valence-electron chi connectivity index (χ3n) is 7.87. The number of hydrogen-bond acceptors (Lipinski definition) is 8. The highest BCUT2D eigenvalue weighted by atomic mass is 35.5. The zero-order valence-electron chi connectivity index (χ0n) is 20.7. The topological polar surface area (TPSA) is 85.4 Å². The summed E-state index contributed by atoms with van der Waals surface area (Å²) in [5.41, 5.74) is 4.92. The van der Waals surface area contributed by atoms with Gasteiger partial charge in [0.2, 0.25) is 5.95 Å². The molecule has 4 aromatic rings. The molecule has 36 heavy (non-hydrogen) atoms. The second-order valence-corrected chi connectivity index (χ2v) is 10.7. The van der Waals surface area contributed by atoms with Crippen LogP contribution in [-0.4, -0.2) is 90.6 Å². The van der Waals surface area contributed by atoms with Crippen molar-refractivity contribution >= 4 is 45.2 Å². The van der Waals surface area contributed by atoms with Crippen molar-refractivity contribution in [2.75, 3.05) is 63.2 Å². The number of benzene rings is 2. The Balaban J connectivity index is 1.47. The zero-order valence-corrected chi connectivity index (χ0v) is 21.4. The fourth-order valence-electron chi connectivity index (χ4n) is 5.67. The highest BCUT2D eigenvalue weighted by molar-refractivity contribution is 6.37. The largest absolute Gasteiger partial charge is 0.489 e. The maximum absolute atomic E-state index is 7.17. The van der Waals surface area contributed by atoms with Crippen LogP contribution in [0, 0.1) is 6.92 Å². The Morgan fingerprint density at radius 2 is 2.06 bits per heavy atom. The molecule has 1 atom stereocenters. The lowest BCUT2D eigenvalue weighted by Crippen LogP contribution is -2.58. The molecule has 0 unspecified atom stereocenters. The van der Waals surface area contributed by atoms with Gasteiger partial charge in [0.05, 0.1) is 33.7 Å². The van der Waals surface area contributed by atoms with Gasteiger partial charge in [-0.1, -0.05) is 17.7 Å². The minimum absolute atomic E-state index is 0.182. The molecule has 0 saturated carbocycles. The molecular formula is C26H29ClN8O. The molecule has 0 aliphatic carbocycles. The minimum atomic E-state index is 0.182. The standard InChI is InChI=1S/C26H29ClN8O/c1-14-4-5-19-18(10-29-32-19)21(14)17-8-20-22-24(23(17)27)36-13-15-9-28-6-7-35(15)25(22)31-26(30-20)34-11-16(12-34)33(2)3/h4-5,8,10,15-16,28H,6-7,9,11-13H2,1-3H3,(H,29,32)/t15-/m0/s1. The summed E-state index contributed by atoms with van der Waals surface area (Å²) in [4.78, 5) is 17.1. The first-order valence-electron chi connectivity index (χ1n) is 12.5. The van der Waals surface area contributed by atoms with Crippen LogP contribution in [0.5, 0.6) is 5.75 Å². The number of rotatable bonds is 3. The maximum Gasteiger partial charge on any atom is 0.228 e. The van der Waals surface area contributed by atoms with Gasteiger partial charge in [-0.25, -0.2) is 4.98 Å². The third-order valence-corrected chi connectivity index (χ3v) is 8.24. The van der Waals surface area contributed by atoms with E-state index in [1.54, 1.807) is 0 Å². The van der Waals surface area contributed by atoms with E-state index in [0.29, 0.717) is 23.4 Å². The van der Waals surface area contributed by atoms with Crippen molar-refractivity contribution in [3.63, 3.8) is 0 Å². The number of halogens is 1. The van der Waals surface area contributed by atoms with Gasteiger partial charge in [-0.3, -0.25) is 5.10 Å². The summed E-state index contributed by atoms with van der Waals surface area (Å²) in [6, 6.07) is 6.95. The van der Waals surface area contributed by atoms with Gasteiger partial charge < -0.3 is 24.8 Å². The average Bonchev–Trinajstić information content (AvgIpc) is 3.24. The van der Waals surface area contributed by atoms with Crippen LogP contribution in [0.2, 0.25) is 5.02 Å². The molecule has 0 radical (unpaired) electrons. The first kappa shape index (κ1) is 22.1. The number of aryl methyl sites for hydroxylation is 1. The Hall–Kier alpha value is -3.14. The number of hydrogen-bond donors (Lipinski definition) is 2. The van der Waals surface area contributed by atoms with Crippen LogP contribution in [0.1, 0.15) is 5.56 Å². The van der Waals surface area contributed by atoms with E-state index < -0.39 is 0 Å². The summed E-state index contributed by atoms with van der Waals surface area (Å²) in [6.07, 6.45) is 1.86. The van der Waals surface area contributed by atoms with Crippen LogP contribution in [0.15, 0.2) is 24.4 Å². The number of aromatic nitrogens is 4. The Bertz CT molecular complexity index is 1490. The van der Waals surface area contributed by atoms with Gasteiger partial charge in [-0.05, 0) is 44.3 Å². The van der Waals surface area contributed by atoms with Crippen molar-refractivity contribution in [3.8, 4) is 16.9 Å². The third kappa shape index (κ3) is 3.26. The molecule has 0 spiro atoms. The maximum atomic E-state index is 7.17. The lowest BCUT2D eigenvalue weighted by atomic mass is 9.95. The second kappa shape index (κ2) is 8.19. The van der Waals surface area contributed by atoms with E-state index >= 15 is 0 Å². The van der Waals surface area contributed by atoms with Crippen LogP contribution in [-0.2, 0) is 0 Å². The van der Waals surface area contributed by atoms with Gasteiger partial charge in [0.15, 0.2) is 5.75 Å². The van der Waals surface area contributed by atoms with E-state index in [2.05, 4.69) is 69.4 Å². The molecule has 2 aromatic heterocycles. The molecule has 7 rings (SSSR count). The minimum Gasteiger partial charge on any atom is -0.489 e. The molecule has 2 aromatic carbocycles. The molecule has 10 heteroatoms. The number of nitrogens with one attached hydrogen (secondary N) is 2. The van der Waals surface area contributed by atoms with Crippen LogP contribution in [0.4, 0.5) is 11.8 Å². The molecule has 0 bridgehead atoms. The van der Waals surface area contributed by atoms with Crippen molar-refractivity contribution in [2.45, 2.75) is 19.0 Å². The number of likely N-dealkylation sites (N-methyl/N-ethyl adjacent to an activating group) is 1. The summed E-state index contributed by atoms with van der Waals surface area (Å²) < 4.78 is 6.47. The van der Waals surface area contributed by atoms with Crippen LogP contribution in [0.25, 0.3) is 32.9 Å². The SMILES string of the molecule is Cc1ccc2[nH]ncc2c1-c1cc2nc(N3CC(N(C)C)C3)nc3c2c(c1Cl)OC[C@@H]1CNCCN31. The van der Waals surface area contributed by atoms with Gasteiger partial charge in [0, 0.05) is 49.7 Å². The normalized spacial score (nSPS) is 20.0. The molecule has 5 heterocycles. The Kier molecular flexibility index (Phi) is 5.03. The highest BCUT2D eigenvalue weighted by Crippen LogP contribution is 2.48. The highest BCUT2D eigenvalue weighted by Gasteiger charge is 2.36. The van der Waals surface area contributed by atoms with E-state index in [0.717, 1.165) is 83.0 Å². The van der Waals surface area contributed by atoms with Crippen LogP contribution < -0.4 is 19.9 Å². The van der Waals surface area contributed by atoms with Gasteiger partial charge in [-0.15, -0.1) is 0 Å². The second-order valence-electron chi connectivity index (χ2n) is 10.3. The van der Waals surface area contributed by atoms with Crippen LogP contribution in [0.3, 0.4) is 0 Å². The fraction of sp³-hybridized carbons (Fsp3) is 0.423. The number of ether oxygens (including phenoxy) is 1. The van der Waals surface area contributed by atoms with Gasteiger partial charge >= 0.3 is 0 Å². The van der Waals surface area contributed by atoms with E-state index in [4.69, 9.17) is 26.3 Å². The van der Waals surface area contributed by atoms with Crippen molar-refractivity contribution in [2.24, 2.45) is 0 Å².